The Balaban J connectivity index is 1.19. The van der Waals surface area contributed by atoms with Gasteiger partial charge in [-0.1, -0.05) is 77.1 Å². The molecule has 1 saturated carbocycles. The summed E-state index contributed by atoms with van der Waals surface area (Å²) in [6, 6.07) is 9.77. The van der Waals surface area contributed by atoms with Gasteiger partial charge in [-0.15, -0.1) is 0 Å². The summed E-state index contributed by atoms with van der Waals surface area (Å²) >= 11 is 6.29. The number of aromatic amines is 1. The summed E-state index contributed by atoms with van der Waals surface area (Å²) < 4.78 is 5.31. The molecule has 1 saturated heterocycles. The van der Waals surface area contributed by atoms with Crippen LogP contribution in [0.3, 0.4) is 0 Å². The Morgan fingerprint density at radius 3 is 2.53 bits per heavy atom. The highest BCUT2D eigenvalue weighted by Gasteiger charge is 2.54. The fourth-order valence-corrected chi connectivity index (χ4v) is 8.58. The SMILES string of the molecule is CCC[C@H](NC(=O)[C@@H]1C[C@]2(C=C(c3cccc(Cl)c3)NO2)CN1C(=O)[C@@H](NC(=O)CC1CCCCC1)C(C)(C)C)C(=O)C(=O)NCCc1c[nH]c2cc(OC)ccc12. The van der Waals surface area contributed by atoms with Crippen LogP contribution < -0.4 is 26.2 Å². The van der Waals surface area contributed by atoms with Crippen molar-refractivity contribution >= 4 is 57.6 Å². The molecule has 1 aliphatic carbocycles. The van der Waals surface area contributed by atoms with E-state index in [1.807, 2.05) is 70.3 Å². The number of rotatable bonds is 15. The Kier molecular flexibility index (Phi) is 13.5. The van der Waals surface area contributed by atoms with E-state index in [0.29, 0.717) is 30.0 Å². The standard InChI is InChI=1S/C44H57ClN6O7/c1-6-11-33(38(53)41(55)46-19-18-29-25-47-34-22-31(57-5)16-17-32(29)34)48-40(54)36-24-44(23-35(50-58-44)28-14-10-15-30(45)21-28)26-51(36)42(56)39(43(2,3)4)49-37(52)20-27-12-8-7-9-13-27/h10,14-17,21-23,25,27,33,36,39,47,50H,6-9,11-13,18-20,24,26H2,1-5H3,(H,46,55)(H,48,54)(H,49,52)/t33-,36-,39+,44+/m0/s1. The van der Waals surface area contributed by atoms with Gasteiger partial charge in [0.1, 0.15) is 23.4 Å². The lowest BCUT2D eigenvalue weighted by Gasteiger charge is -2.36. The Morgan fingerprint density at radius 2 is 1.83 bits per heavy atom. The maximum atomic E-state index is 14.7. The Bertz CT molecular complexity index is 2030. The second-order valence-corrected chi connectivity index (χ2v) is 17.5. The number of carbonyl (C=O) groups excluding carboxylic acids is 5. The van der Waals surface area contributed by atoms with Crippen molar-refractivity contribution in [3.63, 3.8) is 0 Å². The molecule has 4 amide bonds. The topological polar surface area (TPSA) is 171 Å². The normalized spacial score (nSPS) is 20.6. The summed E-state index contributed by atoms with van der Waals surface area (Å²) in [6.07, 6.45) is 10.6. The number of ketones is 1. The third-order valence-corrected chi connectivity index (χ3v) is 11.8. The van der Waals surface area contributed by atoms with Crippen molar-refractivity contribution in [1.82, 2.24) is 31.3 Å². The number of H-pyrrole nitrogens is 1. The zero-order chi connectivity index (χ0) is 41.6. The summed E-state index contributed by atoms with van der Waals surface area (Å²) in [5.74, 6) is -1.79. The molecule has 1 aromatic heterocycles. The van der Waals surface area contributed by atoms with Crippen molar-refractivity contribution in [2.24, 2.45) is 11.3 Å². The van der Waals surface area contributed by atoms with Gasteiger partial charge in [-0.25, -0.2) is 0 Å². The minimum Gasteiger partial charge on any atom is -0.497 e. The van der Waals surface area contributed by atoms with Crippen molar-refractivity contribution < 1.29 is 33.5 Å². The molecule has 13 nitrogen and oxygen atoms in total. The van der Waals surface area contributed by atoms with Gasteiger partial charge in [0, 0.05) is 53.1 Å². The molecule has 58 heavy (non-hydrogen) atoms. The van der Waals surface area contributed by atoms with Gasteiger partial charge >= 0.3 is 0 Å². The van der Waals surface area contributed by atoms with Gasteiger partial charge in [0.2, 0.25) is 23.5 Å². The molecule has 3 aliphatic rings. The third kappa shape index (κ3) is 10.0. The van der Waals surface area contributed by atoms with E-state index in [4.69, 9.17) is 21.2 Å². The highest BCUT2D eigenvalue weighted by molar-refractivity contribution is 6.38. The second kappa shape index (κ2) is 18.4. The highest BCUT2D eigenvalue weighted by atomic mass is 35.5. The number of carbonyl (C=O) groups is 5. The maximum Gasteiger partial charge on any atom is 0.289 e. The molecule has 0 bridgehead atoms. The van der Waals surface area contributed by atoms with Gasteiger partial charge in [-0.05, 0) is 72.9 Å². The van der Waals surface area contributed by atoms with Crippen molar-refractivity contribution in [1.29, 1.82) is 0 Å². The van der Waals surface area contributed by atoms with E-state index >= 15 is 0 Å². The molecule has 312 valence electrons. The van der Waals surface area contributed by atoms with Gasteiger partial charge in [0.15, 0.2) is 0 Å². The maximum absolute atomic E-state index is 14.7. The van der Waals surface area contributed by atoms with Crippen LogP contribution in [0.1, 0.15) is 96.6 Å². The van der Waals surface area contributed by atoms with E-state index in [-0.39, 0.29) is 37.8 Å². The number of hydrogen-bond donors (Lipinski definition) is 5. The van der Waals surface area contributed by atoms with Crippen molar-refractivity contribution in [2.45, 2.75) is 116 Å². The molecule has 5 N–H and O–H groups in total. The van der Waals surface area contributed by atoms with E-state index in [2.05, 4.69) is 26.4 Å². The van der Waals surface area contributed by atoms with Gasteiger partial charge in [-0.3, -0.25) is 34.3 Å². The first-order valence-electron chi connectivity index (χ1n) is 20.5. The van der Waals surface area contributed by atoms with Crippen LogP contribution in [0, 0.1) is 11.3 Å². The average Bonchev–Trinajstić information content (AvgIpc) is 3.92. The average molecular weight is 817 g/mol. The zero-order valence-corrected chi connectivity index (χ0v) is 34.9. The molecule has 3 aromatic rings. The molecule has 14 heteroatoms. The molecule has 2 aromatic carbocycles. The number of likely N-dealkylation sites (tertiary alicyclic amines) is 1. The van der Waals surface area contributed by atoms with Crippen LogP contribution in [0.5, 0.6) is 5.75 Å². The fraction of sp³-hybridized carbons (Fsp3) is 0.523. The Hall–Kier alpha value is -4.88. The monoisotopic (exact) mass is 816 g/mol. The predicted octanol–water partition coefficient (Wildman–Crippen LogP) is 5.76. The second-order valence-electron chi connectivity index (χ2n) is 17.0. The van der Waals surface area contributed by atoms with Gasteiger partial charge in [0.05, 0.1) is 25.4 Å². The van der Waals surface area contributed by atoms with Crippen LogP contribution in [0.25, 0.3) is 16.6 Å². The van der Waals surface area contributed by atoms with Crippen LogP contribution >= 0.6 is 11.6 Å². The number of methoxy groups -OCH3 is 1. The van der Waals surface area contributed by atoms with E-state index in [1.54, 1.807) is 19.2 Å². The molecule has 1 spiro atoms. The number of fused-ring (bicyclic) bond motifs is 1. The molecule has 0 radical (unpaired) electrons. The summed E-state index contributed by atoms with van der Waals surface area (Å²) in [7, 11) is 1.60. The molecule has 4 atom stereocenters. The number of benzene rings is 2. The summed E-state index contributed by atoms with van der Waals surface area (Å²) in [6.45, 7) is 7.71. The smallest absolute Gasteiger partial charge is 0.289 e. The highest BCUT2D eigenvalue weighted by Crippen LogP contribution is 2.39. The molecule has 0 unspecified atom stereocenters. The minimum absolute atomic E-state index is 0.000440. The van der Waals surface area contributed by atoms with Gasteiger partial charge < -0.3 is 30.6 Å². The molecule has 3 heterocycles. The van der Waals surface area contributed by atoms with Crippen molar-refractivity contribution in [2.75, 3.05) is 20.2 Å². The number of hydrogen-bond acceptors (Lipinski definition) is 8. The van der Waals surface area contributed by atoms with E-state index in [0.717, 1.165) is 53.5 Å². The Labute approximate surface area is 345 Å². The van der Waals surface area contributed by atoms with Crippen molar-refractivity contribution in [3.8, 4) is 5.75 Å². The first kappa shape index (κ1) is 42.7. The molecule has 6 rings (SSSR count). The predicted molar refractivity (Wildman–Crippen MR) is 222 cm³/mol. The van der Waals surface area contributed by atoms with Crippen LogP contribution in [0.4, 0.5) is 0 Å². The summed E-state index contributed by atoms with van der Waals surface area (Å²) in [4.78, 5) is 80.4. The lowest BCUT2D eigenvalue weighted by molar-refractivity contribution is -0.145. The van der Waals surface area contributed by atoms with Crippen LogP contribution in [0.15, 0.2) is 54.7 Å². The molecular formula is C44H57ClN6O7. The number of Topliss-reactive ketones (excluding diaryl/α,β-unsaturated/α-hetero) is 1. The Morgan fingerprint density at radius 1 is 1.05 bits per heavy atom. The zero-order valence-electron chi connectivity index (χ0n) is 34.2. The van der Waals surface area contributed by atoms with Crippen LogP contribution in [0.2, 0.25) is 5.02 Å². The number of ether oxygens (including phenoxy) is 1. The van der Waals surface area contributed by atoms with E-state index < -0.39 is 52.6 Å². The number of aromatic nitrogens is 1. The largest absolute Gasteiger partial charge is 0.497 e. The van der Waals surface area contributed by atoms with Crippen LogP contribution in [-0.2, 0) is 35.2 Å². The number of halogens is 1. The quantitative estimate of drug-likeness (QED) is 0.121. The summed E-state index contributed by atoms with van der Waals surface area (Å²) in [5, 5.41) is 10.1. The first-order chi connectivity index (χ1) is 27.7. The fourth-order valence-electron chi connectivity index (χ4n) is 8.39. The number of nitrogens with zero attached hydrogens (tertiary/aromatic N) is 1. The number of amides is 4. The van der Waals surface area contributed by atoms with Gasteiger partial charge in [0.25, 0.3) is 5.91 Å². The number of nitrogens with one attached hydrogen (secondary N) is 5. The lowest BCUT2D eigenvalue weighted by Crippen LogP contribution is -2.59. The minimum atomic E-state index is -1.12. The van der Waals surface area contributed by atoms with E-state index in [9.17, 15) is 24.0 Å². The third-order valence-electron chi connectivity index (χ3n) is 11.6. The van der Waals surface area contributed by atoms with Crippen LogP contribution in [-0.4, -0.2) is 83.2 Å². The van der Waals surface area contributed by atoms with E-state index in [1.165, 1.54) is 11.3 Å². The van der Waals surface area contributed by atoms with Crippen molar-refractivity contribution in [3.05, 3.63) is 70.9 Å². The molecule has 2 aliphatic heterocycles. The molecule has 2 fully saturated rings. The number of hydroxylamine groups is 1. The summed E-state index contributed by atoms with van der Waals surface area (Å²) in [5.41, 5.74) is 4.43. The van der Waals surface area contributed by atoms with Gasteiger partial charge in [-0.2, -0.15) is 0 Å². The molecular weight excluding hydrogens is 760 g/mol. The first-order valence-corrected chi connectivity index (χ1v) is 20.9. The lowest BCUT2D eigenvalue weighted by atomic mass is 9.84.